The Morgan fingerprint density at radius 3 is 2.10 bits per heavy atom. The largest absolute Gasteiger partial charge is 0.497 e. The maximum atomic E-state index is 5.87. The van der Waals surface area contributed by atoms with Gasteiger partial charge in [0.05, 0.1) is 14.2 Å². The van der Waals surface area contributed by atoms with Crippen LogP contribution < -0.4 is 14.8 Å². The van der Waals surface area contributed by atoms with Gasteiger partial charge in [0.25, 0.3) is 0 Å². The highest BCUT2D eigenvalue weighted by Crippen LogP contribution is 2.22. The standard InChI is InChI=1S/C17H20ClNO2/c1-20-16-9-14(10-17(11-16)21-2)12-19-8-7-13-3-5-15(18)6-4-13/h3-6,9-11,19H,7-8,12H2,1-2H3. The Hall–Kier alpha value is -1.71. The third kappa shape index (κ3) is 4.96. The molecule has 4 heteroatoms. The Balaban J connectivity index is 1.84. The summed E-state index contributed by atoms with van der Waals surface area (Å²) in [6, 6.07) is 13.8. The molecule has 2 aromatic carbocycles. The lowest BCUT2D eigenvalue weighted by Crippen LogP contribution is -2.16. The molecule has 0 fully saturated rings. The Morgan fingerprint density at radius 1 is 0.905 bits per heavy atom. The van der Waals surface area contributed by atoms with Crippen LogP contribution >= 0.6 is 11.6 Å². The molecule has 0 heterocycles. The molecule has 3 nitrogen and oxygen atoms in total. The van der Waals surface area contributed by atoms with Crippen LogP contribution in [0.1, 0.15) is 11.1 Å². The zero-order valence-corrected chi connectivity index (χ0v) is 13.1. The van der Waals surface area contributed by atoms with E-state index in [2.05, 4.69) is 17.4 Å². The second-order valence-corrected chi connectivity index (χ2v) is 5.21. The van der Waals surface area contributed by atoms with E-state index in [1.165, 1.54) is 5.56 Å². The summed E-state index contributed by atoms with van der Waals surface area (Å²) in [6.07, 6.45) is 0.971. The lowest BCUT2D eigenvalue weighted by molar-refractivity contribution is 0.393. The SMILES string of the molecule is COc1cc(CNCCc2ccc(Cl)cc2)cc(OC)c1. The number of ether oxygens (including phenoxy) is 2. The van der Waals surface area contributed by atoms with Gasteiger partial charge in [0, 0.05) is 17.6 Å². The van der Waals surface area contributed by atoms with Crippen LogP contribution in [0.5, 0.6) is 11.5 Å². The van der Waals surface area contributed by atoms with Crippen LogP contribution in [0.2, 0.25) is 5.02 Å². The van der Waals surface area contributed by atoms with Crippen molar-refractivity contribution in [3.63, 3.8) is 0 Å². The molecule has 0 bridgehead atoms. The Bertz CT molecular complexity index is 547. The van der Waals surface area contributed by atoms with Crippen LogP contribution in [0.4, 0.5) is 0 Å². The van der Waals surface area contributed by atoms with Crippen LogP contribution in [0.3, 0.4) is 0 Å². The highest BCUT2D eigenvalue weighted by atomic mass is 35.5. The van der Waals surface area contributed by atoms with Crippen molar-refractivity contribution in [3.05, 3.63) is 58.6 Å². The van der Waals surface area contributed by atoms with Gasteiger partial charge in [-0.3, -0.25) is 0 Å². The molecule has 0 aromatic heterocycles. The quantitative estimate of drug-likeness (QED) is 0.791. The van der Waals surface area contributed by atoms with E-state index >= 15 is 0 Å². The average molecular weight is 306 g/mol. The molecule has 1 N–H and O–H groups in total. The van der Waals surface area contributed by atoms with E-state index in [1.54, 1.807) is 14.2 Å². The first-order valence-electron chi connectivity index (χ1n) is 6.88. The van der Waals surface area contributed by atoms with Crippen molar-refractivity contribution in [2.75, 3.05) is 20.8 Å². The van der Waals surface area contributed by atoms with Crippen LogP contribution in [-0.2, 0) is 13.0 Å². The number of hydrogen-bond acceptors (Lipinski definition) is 3. The summed E-state index contributed by atoms with van der Waals surface area (Å²) >= 11 is 5.87. The van der Waals surface area contributed by atoms with Gasteiger partial charge in [0.1, 0.15) is 11.5 Å². The molecule has 0 aliphatic heterocycles. The Morgan fingerprint density at radius 2 is 1.52 bits per heavy atom. The van der Waals surface area contributed by atoms with Gasteiger partial charge in [0.2, 0.25) is 0 Å². The van der Waals surface area contributed by atoms with E-state index in [-0.39, 0.29) is 0 Å². The molecule has 0 spiro atoms. The first-order chi connectivity index (χ1) is 10.2. The topological polar surface area (TPSA) is 30.5 Å². The summed E-state index contributed by atoms with van der Waals surface area (Å²) in [5, 5.41) is 4.20. The third-order valence-electron chi connectivity index (χ3n) is 3.24. The van der Waals surface area contributed by atoms with E-state index in [4.69, 9.17) is 21.1 Å². The van der Waals surface area contributed by atoms with E-state index in [1.807, 2.05) is 30.3 Å². The van der Waals surface area contributed by atoms with Crippen LogP contribution in [0.25, 0.3) is 0 Å². The maximum absolute atomic E-state index is 5.87. The lowest BCUT2D eigenvalue weighted by Gasteiger charge is -2.09. The molecule has 112 valence electrons. The molecule has 0 saturated carbocycles. The summed E-state index contributed by atoms with van der Waals surface area (Å²) in [7, 11) is 3.32. The van der Waals surface area contributed by atoms with Gasteiger partial charge in [-0.2, -0.15) is 0 Å². The van der Waals surface area contributed by atoms with Crippen LogP contribution in [-0.4, -0.2) is 20.8 Å². The van der Waals surface area contributed by atoms with Gasteiger partial charge < -0.3 is 14.8 Å². The maximum Gasteiger partial charge on any atom is 0.122 e. The molecule has 0 saturated heterocycles. The monoisotopic (exact) mass is 305 g/mol. The van der Waals surface area contributed by atoms with Crippen molar-refractivity contribution in [2.45, 2.75) is 13.0 Å². The van der Waals surface area contributed by atoms with Gasteiger partial charge in [-0.05, 0) is 48.4 Å². The normalized spacial score (nSPS) is 10.4. The fraction of sp³-hybridized carbons (Fsp3) is 0.294. The fourth-order valence-corrected chi connectivity index (χ4v) is 2.21. The lowest BCUT2D eigenvalue weighted by atomic mass is 10.1. The van der Waals surface area contributed by atoms with Crippen molar-refractivity contribution in [1.82, 2.24) is 5.32 Å². The summed E-state index contributed by atoms with van der Waals surface area (Å²) in [5.41, 5.74) is 2.41. The molecule has 21 heavy (non-hydrogen) atoms. The smallest absolute Gasteiger partial charge is 0.122 e. The minimum absolute atomic E-state index is 0.773. The van der Waals surface area contributed by atoms with Gasteiger partial charge in [-0.25, -0.2) is 0 Å². The Labute approximate surface area is 130 Å². The second kappa shape index (κ2) is 7.91. The Kier molecular flexibility index (Phi) is 5.90. The molecule has 0 radical (unpaired) electrons. The second-order valence-electron chi connectivity index (χ2n) is 4.77. The third-order valence-corrected chi connectivity index (χ3v) is 3.50. The molecule has 2 aromatic rings. The highest BCUT2D eigenvalue weighted by Gasteiger charge is 2.01. The number of nitrogens with one attached hydrogen (secondary N) is 1. The van der Waals surface area contributed by atoms with Gasteiger partial charge in [0.15, 0.2) is 0 Å². The molecular weight excluding hydrogens is 286 g/mol. The predicted molar refractivity (Wildman–Crippen MR) is 86.4 cm³/mol. The zero-order chi connectivity index (χ0) is 15.1. The first kappa shape index (κ1) is 15.7. The van der Waals surface area contributed by atoms with Crippen molar-refractivity contribution in [3.8, 4) is 11.5 Å². The van der Waals surface area contributed by atoms with E-state index < -0.39 is 0 Å². The number of rotatable bonds is 7. The molecule has 0 amide bonds. The fourth-order valence-electron chi connectivity index (χ4n) is 2.08. The summed E-state index contributed by atoms with van der Waals surface area (Å²) < 4.78 is 10.5. The highest BCUT2D eigenvalue weighted by molar-refractivity contribution is 6.30. The van der Waals surface area contributed by atoms with Gasteiger partial charge in [-0.15, -0.1) is 0 Å². The summed E-state index contributed by atoms with van der Waals surface area (Å²) in [5.74, 6) is 1.62. The van der Waals surface area contributed by atoms with Gasteiger partial charge >= 0.3 is 0 Å². The van der Waals surface area contributed by atoms with E-state index in [0.29, 0.717) is 0 Å². The molecule has 0 aliphatic carbocycles. The number of benzene rings is 2. The van der Waals surface area contributed by atoms with Gasteiger partial charge in [-0.1, -0.05) is 23.7 Å². The first-order valence-corrected chi connectivity index (χ1v) is 7.26. The van der Waals surface area contributed by atoms with Crippen molar-refractivity contribution in [2.24, 2.45) is 0 Å². The predicted octanol–water partition coefficient (Wildman–Crippen LogP) is 3.69. The van der Waals surface area contributed by atoms with Crippen LogP contribution in [0.15, 0.2) is 42.5 Å². The van der Waals surface area contributed by atoms with Crippen LogP contribution in [0, 0.1) is 0 Å². The minimum atomic E-state index is 0.773. The summed E-state index contributed by atoms with van der Waals surface area (Å²) in [4.78, 5) is 0. The molecular formula is C17H20ClNO2. The van der Waals surface area contributed by atoms with Crippen molar-refractivity contribution < 1.29 is 9.47 Å². The number of hydrogen-bond donors (Lipinski definition) is 1. The number of methoxy groups -OCH3 is 2. The molecule has 0 unspecified atom stereocenters. The van der Waals surface area contributed by atoms with E-state index in [0.717, 1.165) is 41.6 Å². The molecule has 0 aliphatic rings. The van der Waals surface area contributed by atoms with Crippen molar-refractivity contribution >= 4 is 11.6 Å². The zero-order valence-electron chi connectivity index (χ0n) is 12.4. The van der Waals surface area contributed by atoms with Crippen molar-refractivity contribution in [1.29, 1.82) is 0 Å². The molecule has 0 atom stereocenters. The number of halogens is 1. The summed E-state index contributed by atoms with van der Waals surface area (Å²) in [6.45, 7) is 1.68. The minimum Gasteiger partial charge on any atom is -0.497 e. The average Bonchev–Trinajstić information content (AvgIpc) is 2.53. The van der Waals surface area contributed by atoms with E-state index in [9.17, 15) is 0 Å². The molecule has 2 rings (SSSR count).